The molecule has 1 heterocycles. The molecule has 1 amide bonds. The number of nitrogens with zero attached hydrogens (tertiary/aromatic N) is 2. The lowest BCUT2D eigenvalue weighted by molar-refractivity contribution is 0.102. The van der Waals surface area contributed by atoms with E-state index in [1.807, 2.05) is 18.4 Å². The van der Waals surface area contributed by atoms with E-state index in [4.69, 9.17) is 5.73 Å². The normalized spacial score (nSPS) is 10.5. The lowest BCUT2D eigenvalue weighted by atomic mass is 10.2. The van der Waals surface area contributed by atoms with E-state index in [1.165, 1.54) is 0 Å². The summed E-state index contributed by atoms with van der Waals surface area (Å²) >= 11 is 1.64. The largest absolute Gasteiger partial charge is 0.394 e. The van der Waals surface area contributed by atoms with Crippen molar-refractivity contribution in [2.45, 2.75) is 11.8 Å². The number of nitrogen functional groups attached to an aromatic ring is 1. The van der Waals surface area contributed by atoms with Crippen molar-refractivity contribution in [2.24, 2.45) is 7.05 Å². The van der Waals surface area contributed by atoms with E-state index in [-0.39, 0.29) is 5.91 Å². The van der Waals surface area contributed by atoms with Gasteiger partial charge in [0.25, 0.3) is 5.91 Å². The van der Waals surface area contributed by atoms with Gasteiger partial charge in [-0.15, -0.1) is 11.8 Å². The molecule has 2 aromatic rings. The van der Waals surface area contributed by atoms with Gasteiger partial charge < -0.3 is 11.1 Å². The van der Waals surface area contributed by atoms with Crippen molar-refractivity contribution in [2.75, 3.05) is 17.3 Å². The molecule has 5 nitrogen and oxygen atoms in total. The molecule has 0 aliphatic heterocycles. The third-order valence-electron chi connectivity index (χ3n) is 2.85. The van der Waals surface area contributed by atoms with E-state index in [0.29, 0.717) is 22.8 Å². The first-order chi connectivity index (χ1) is 9.02. The first kappa shape index (κ1) is 13.5. The maximum atomic E-state index is 12.1. The first-order valence-electron chi connectivity index (χ1n) is 5.77. The summed E-state index contributed by atoms with van der Waals surface area (Å²) in [4.78, 5) is 13.2. The Morgan fingerprint density at radius 1 is 1.37 bits per heavy atom. The number of rotatable bonds is 3. The van der Waals surface area contributed by atoms with Crippen molar-refractivity contribution in [1.29, 1.82) is 0 Å². The van der Waals surface area contributed by atoms with Crippen molar-refractivity contribution in [3.63, 3.8) is 0 Å². The Hall–Kier alpha value is -1.95. The van der Waals surface area contributed by atoms with Crippen LogP contribution in [-0.4, -0.2) is 21.9 Å². The van der Waals surface area contributed by atoms with Gasteiger partial charge in [-0.1, -0.05) is 0 Å². The Balaban J connectivity index is 2.20. The Morgan fingerprint density at radius 3 is 2.47 bits per heavy atom. The van der Waals surface area contributed by atoms with Crippen LogP contribution in [0.25, 0.3) is 0 Å². The van der Waals surface area contributed by atoms with Crippen LogP contribution in [0.3, 0.4) is 0 Å². The number of benzene rings is 1. The van der Waals surface area contributed by atoms with Crippen LogP contribution in [-0.2, 0) is 7.05 Å². The fourth-order valence-electron chi connectivity index (χ4n) is 1.74. The second kappa shape index (κ2) is 5.36. The number of carbonyl (C=O) groups is 1. The minimum absolute atomic E-state index is 0.192. The maximum Gasteiger partial charge on any atom is 0.256 e. The van der Waals surface area contributed by atoms with Gasteiger partial charge in [0.05, 0.1) is 11.4 Å². The average Bonchev–Trinajstić information content (AvgIpc) is 2.65. The molecule has 0 fully saturated rings. The number of hydrogen-bond donors (Lipinski definition) is 2. The highest BCUT2D eigenvalue weighted by atomic mass is 32.2. The summed E-state index contributed by atoms with van der Waals surface area (Å²) in [6.45, 7) is 1.80. The Labute approximate surface area is 116 Å². The molecule has 0 saturated carbocycles. The monoisotopic (exact) mass is 276 g/mol. The zero-order chi connectivity index (χ0) is 14.0. The lowest BCUT2D eigenvalue weighted by Crippen LogP contribution is -2.15. The minimum Gasteiger partial charge on any atom is -0.394 e. The van der Waals surface area contributed by atoms with Gasteiger partial charge in [-0.2, -0.15) is 5.10 Å². The van der Waals surface area contributed by atoms with Crippen molar-refractivity contribution in [3.8, 4) is 0 Å². The summed E-state index contributed by atoms with van der Waals surface area (Å²) < 4.78 is 1.57. The van der Waals surface area contributed by atoms with Gasteiger partial charge in [0.2, 0.25) is 0 Å². The second-order valence-corrected chi connectivity index (χ2v) is 5.03. The molecule has 2 rings (SSSR count). The van der Waals surface area contributed by atoms with Crippen LogP contribution in [0.15, 0.2) is 29.2 Å². The minimum atomic E-state index is -0.192. The summed E-state index contributed by atoms with van der Waals surface area (Å²) in [5.41, 5.74) is 7.67. The molecular weight excluding hydrogens is 260 g/mol. The van der Waals surface area contributed by atoms with Gasteiger partial charge in [0.15, 0.2) is 5.82 Å². The molecule has 3 N–H and O–H groups in total. The van der Waals surface area contributed by atoms with Crippen LogP contribution < -0.4 is 11.1 Å². The van der Waals surface area contributed by atoms with Crippen LogP contribution in [0, 0.1) is 6.92 Å². The van der Waals surface area contributed by atoms with Gasteiger partial charge in [-0.05, 0) is 37.4 Å². The molecule has 19 heavy (non-hydrogen) atoms. The zero-order valence-electron chi connectivity index (χ0n) is 11.1. The number of nitrogens with two attached hydrogens (primary N) is 1. The fourth-order valence-corrected chi connectivity index (χ4v) is 2.15. The number of carbonyl (C=O) groups excluding carboxylic acids is 1. The molecule has 1 aromatic heterocycles. The molecular formula is C13H16N4OS. The zero-order valence-corrected chi connectivity index (χ0v) is 11.9. The number of aryl methyl sites for hydroxylation is 2. The van der Waals surface area contributed by atoms with Gasteiger partial charge in [0.1, 0.15) is 0 Å². The molecule has 0 unspecified atom stereocenters. The van der Waals surface area contributed by atoms with Crippen LogP contribution in [0.5, 0.6) is 0 Å². The number of anilines is 2. The SMILES string of the molecule is CSc1ccc(C(=O)Nc2c(N)c(C)nn2C)cc1. The first-order valence-corrected chi connectivity index (χ1v) is 7.00. The number of aromatic nitrogens is 2. The van der Waals surface area contributed by atoms with Crippen molar-refractivity contribution in [3.05, 3.63) is 35.5 Å². The molecule has 0 aliphatic carbocycles. The van der Waals surface area contributed by atoms with Gasteiger partial charge in [0, 0.05) is 17.5 Å². The van der Waals surface area contributed by atoms with Gasteiger partial charge >= 0.3 is 0 Å². The lowest BCUT2D eigenvalue weighted by Gasteiger charge is -2.07. The highest BCUT2D eigenvalue weighted by molar-refractivity contribution is 7.98. The van der Waals surface area contributed by atoms with Gasteiger partial charge in [-0.25, -0.2) is 0 Å². The highest BCUT2D eigenvalue weighted by Gasteiger charge is 2.14. The van der Waals surface area contributed by atoms with Crippen LogP contribution in [0.1, 0.15) is 16.1 Å². The molecule has 6 heteroatoms. The quantitative estimate of drug-likeness (QED) is 0.844. The number of amides is 1. The Kier molecular flexibility index (Phi) is 3.80. The summed E-state index contributed by atoms with van der Waals surface area (Å²) in [5.74, 6) is 0.332. The predicted molar refractivity (Wildman–Crippen MR) is 78.5 cm³/mol. The predicted octanol–water partition coefficient (Wildman–Crippen LogP) is 2.28. The van der Waals surface area contributed by atoms with E-state index >= 15 is 0 Å². The maximum absolute atomic E-state index is 12.1. The molecule has 0 atom stereocenters. The number of thioether (sulfide) groups is 1. The van der Waals surface area contributed by atoms with Crippen molar-refractivity contribution >= 4 is 29.2 Å². The summed E-state index contributed by atoms with van der Waals surface area (Å²) in [7, 11) is 1.75. The molecule has 0 spiro atoms. The van der Waals surface area contributed by atoms with Crippen molar-refractivity contribution < 1.29 is 4.79 Å². The van der Waals surface area contributed by atoms with E-state index < -0.39 is 0 Å². The molecule has 0 radical (unpaired) electrons. The number of hydrogen-bond acceptors (Lipinski definition) is 4. The Morgan fingerprint density at radius 2 is 2.00 bits per heavy atom. The van der Waals surface area contributed by atoms with Gasteiger partial charge in [-0.3, -0.25) is 9.48 Å². The second-order valence-electron chi connectivity index (χ2n) is 4.15. The van der Waals surface area contributed by atoms with E-state index in [1.54, 1.807) is 42.5 Å². The van der Waals surface area contributed by atoms with E-state index in [2.05, 4.69) is 10.4 Å². The van der Waals surface area contributed by atoms with Crippen molar-refractivity contribution in [1.82, 2.24) is 9.78 Å². The fraction of sp³-hybridized carbons (Fsp3) is 0.231. The molecule has 100 valence electrons. The Bertz CT molecular complexity index is 604. The summed E-state index contributed by atoms with van der Waals surface area (Å²) in [6.07, 6.45) is 1.99. The molecule has 0 aliphatic rings. The standard InChI is InChI=1S/C13H16N4OS/c1-8-11(14)12(17(2)16-8)15-13(18)9-4-6-10(19-3)7-5-9/h4-7H,14H2,1-3H3,(H,15,18). The summed E-state index contributed by atoms with van der Waals surface area (Å²) in [6, 6.07) is 7.41. The molecule has 0 saturated heterocycles. The highest BCUT2D eigenvalue weighted by Crippen LogP contribution is 2.22. The van der Waals surface area contributed by atoms with E-state index in [9.17, 15) is 4.79 Å². The molecule has 1 aromatic carbocycles. The van der Waals surface area contributed by atoms with Crippen LogP contribution in [0.2, 0.25) is 0 Å². The number of nitrogens with one attached hydrogen (secondary N) is 1. The smallest absolute Gasteiger partial charge is 0.256 e. The third kappa shape index (κ3) is 2.73. The average molecular weight is 276 g/mol. The molecule has 0 bridgehead atoms. The van der Waals surface area contributed by atoms with E-state index in [0.717, 1.165) is 4.90 Å². The van der Waals surface area contributed by atoms with Crippen LogP contribution in [0.4, 0.5) is 11.5 Å². The third-order valence-corrected chi connectivity index (χ3v) is 3.60. The van der Waals surface area contributed by atoms with Crippen LogP contribution >= 0.6 is 11.8 Å². The summed E-state index contributed by atoms with van der Waals surface area (Å²) in [5, 5.41) is 6.94. The topological polar surface area (TPSA) is 72.9 Å².